The number of carbonyl (C=O) groups is 3. The Balaban J connectivity index is 2.86. The fourth-order valence-electron chi connectivity index (χ4n) is 2.87. The van der Waals surface area contributed by atoms with Crippen LogP contribution in [0.3, 0.4) is 0 Å². The molecule has 1 aromatic rings. The number of Topliss-reactive ketones (excluding diaryl/α,β-unsaturated/α-hetero) is 2. The Bertz CT molecular complexity index is 679. The van der Waals surface area contributed by atoms with Gasteiger partial charge in [-0.1, -0.05) is 0 Å². The van der Waals surface area contributed by atoms with Crippen LogP contribution in [0.2, 0.25) is 0 Å². The molecule has 1 aliphatic carbocycles. The minimum absolute atomic E-state index is 0.0484. The molecule has 0 unspecified atom stereocenters. The lowest BCUT2D eigenvalue weighted by atomic mass is 9.74. The lowest BCUT2D eigenvalue weighted by Gasteiger charge is -2.37. The summed E-state index contributed by atoms with van der Waals surface area (Å²) in [6.07, 6.45) is -1.50. The first-order valence-corrected chi connectivity index (χ1v) is 6.96. The zero-order valence-corrected chi connectivity index (χ0v) is 13.3. The first kappa shape index (κ1) is 17.0. The van der Waals surface area contributed by atoms with Crippen LogP contribution in [-0.2, 0) is 24.7 Å². The minimum Gasteiger partial charge on any atom is -0.497 e. The van der Waals surface area contributed by atoms with Crippen molar-refractivity contribution in [1.82, 2.24) is 0 Å². The topological polar surface area (TPSA) is 99.1 Å². The number of hydrogen-bond acceptors (Lipinski definition) is 7. The smallest absolute Gasteiger partial charge is 0.304 e. The van der Waals surface area contributed by atoms with Crippen LogP contribution in [-0.4, -0.2) is 36.9 Å². The number of aliphatic hydroxyl groups excluding tert-OH is 1. The van der Waals surface area contributed by atoms with Crippen molar-refractivity contribution in [3.63, 3.8) is 0 Å². The maximum atomic E-state index is 12.5. The van der Waals surface area contributed by atoms with E-state index in [1.165, 1.54) is 26.4 Å². The average Bonchev–Trinajstić information content (AvgIpc) is 2.49. The van der Waals surface area contributed by atoms with E-state index in [4.69, 9.17) is 14.2 Å². The monoisotopic (exact) mass is 322 g/mol. The third-order valence-corrected chi connectivity index (χ3v) is 3.84. The summed E-state index contributed by atoms with van der Waals surface area (Å²) >= 11 is 0. The molecule has 1 aliphatic rings. The van der Waals surface area contributed by atoms with Gasteiger partial charge in [0.15, 0.2) is 11.6 Å². The number of benzene rings is 1. The molecule has 0 aliphatic heterocycles. The number of aliphatic hydroxyl groups is 1. The van der Waals surface area contributed by atoms with E-state index in [1.807, 2.05) is 0 Å². The molecule has 0 radical (unpaired) electrons. The molecule has 0 heterocycles. The normalized spacial score (nSPS) is 23.0. The van der Waals surface area contributed by atoms with Gasteiger partial charge in [-0.2, -0.15) is 0 Å². The van der Waals surface area contributed by atoms with Gasteiger partial charge in [-0.25, -0.2) is 0 Å². The zero-order chi connectivity index (χ0) is 17.4. The highest BCUT2D eigenvalue weighted by molar-refractivity contribution is 6.13. The molecule has 0 spiro atoms. The number of ether oxygens (including phenoxy) is 3. The summed E-state index contributed by atoms with van der Waals surface area (Å²) in [6.45, 7) is 2.27. The van der Waals surface area contributed by atoms with E-state index in [-0.39, 0.29) is 23.3 Å². The second-order valence-electron chi connectivity index (χ2n) is 5.27. The van der Waals surface area contributed by atoms with E-state index in [0.29, 0.717) is 5.75 Å². The highest BCUT2D eigenvalue weighted by Gasteiger charge is 2.55. The third kappa shape index (κ3) is 2.57. The quantitative estimate of drug-likeness (QED) is 0.653. The number of esters is 1. The lowest BCUT2D eigenvalue weighted by molar-refractivity contribution is -0.175. The van der Waals surface area contributed by atoms with Gasteiger partial charge in [0.25, 0.3) is 5.60 Å². The molecule has 0 bridgehead atoms. The van der Waals surface area contributed by atoms with Crippen molar-refractivity contribution in [2.45, 2.75) is 32.0 Å². The van der Waals surface area contributed by atoms with Gasteiger partial charge in [-0.05, 0) is 18.6 Å². The van der Waals surface area contributed by atoms with Crippen LogP contribution in [0, 0.1) is 0 Å². The van der Waals surface area contributed by atoms with Gasteiger partial charge in [-0.3, -0.25) is 14.4 Å². The first-order valence-electron chi connectivity index (χ1n) is 6.96. The predicted octanol–water partition coefficient (Wildman–Crippen LogP) is 1.06. The first-order chi connectivity index (χ1) is 10.8. The van der Waals surface area contributed by atoms with Crippen LogP contribution in [0.5, 0.6) is 11.5 Å². The molecule has 0 saturated carbocycles. The molecule has 7 nitrogen and oxygen atoms in total. The van der Waals surface area contributed by atoms with Crippen molar-refractivity contribution in [3.05, 3.63) is 23.3 Å². The van der Waals surface area contributed by atoms with Crippen LogP contribution < -0.4 is 9.47 Å². The number of carbonyl (C=O) groups excluding carboxylic acids is 3. The molecular formula is C16H18O7. The molecule has 0 fully saturated rings. The number of fused-ring (bicyclic) bond motifs is 1. The molecule has 124 valence electrons. The van der Waals surface area contributed by atoms with Gasteiger partial charge >= 0.3 is 5.97 Å². The van der Waals surface area contributed by atoms with E-state index in [9.17, 15) is 19.5 Å². The highest BCUT2D eigenvalue weighted by Crippen LogP contribution is 2.47. The third-order valence-electron chi connectivity index (χ3n) is 3.84. The van der Waals surface area contributed by atoms with E-state index in [2.05, 4.69) is 0 Å². The highest BCUT2D eigenvalue weighted by atomic mass is 16.6. The van der Waals surface area contributed by atoms with Crippen molar-refractivity contribution >= 4 is 17.5 Å². The summed E-state index contributed by atoms with van der Waals surface area (Å²) in [5.74, 6) is -1.62. The van der Waals surface area contributed by atoms with E-state index < -0.39 is 29.2 Å². The number of ketones is 2. The zero-order valence-electron chi connectivity index (χ0n) is 13.3. The Morgan fingerprint density at radius 1 is 1.22 bits per heavy atom. The Morgan fingerprint density at radius 2 is 1.87 bits per heavy atom. The lowest BCUT2D eigenvalue weighted by Crippen LogP contribution is -2.50. The van der Waals surface area contributed by atoms with Gasteiger partial charge in [0.05, 0.1) is 25.9 Å². The van der Waals surface area contributed by atoms with Crippen molar-refractivity contribution in [2.75, 3.05) is 14.2 Å². The molecule has 23 heavy (non-hydrogen) atoms. The Kier molecular flexibility index (Phi) is 4.42. The van der Waals surface area contributed by atoms with Gasteiger partial charge in [-0.15, -0.1) is 0 Å². The van der Waals surface area contributed by atoms with Crippen LogP contribution in [0.15, 0.2) is 12.1 Å². The number of hydrogen-bond donors (Lipinski definition) is 1. The maximum Gasteiger partial charge on any atom is 0.304 e. The molecule has 0 amide bonds. The largest absolute Gasteiger partial charge is 0.497 e. The van der Waals surface area contributed by atoms with Crippen molar-refractivity contribution in [1.29, 1.82) is 0 Å². The molecule has 2 rings (SSSR count). The van der Waals surface area contributed by atoms with Gasteiger partial charge in [0, 0.05) is 19.4 Å². The average molecular weight is 322 g/mol. The van der Waals surface area contributed by atoms with Gasteiger partial charge in [0.1, 0.15) is 11.5 Å². The minimum atomic E-state index is -2.11. The summed E-state index contributed by atoms with van der Waals surface area (Å²) in [4.78, 5) is 36.4. The Morgan fingerprint density at radius 3 is 2.35 bits per heavy atom. The summed E-state index contributed by atoms with van der Waals surface area (Å²) in [7, 11) is 2.78. The molecule has 1 aromatic carbocycles. The molecule has 0 aromatic heterocycles. The van der Waals surface area contributed by atoms with E-state index >= 15 is 0 Å². The molecule has 2 atom stereocenters. The summed E-state index contributed by atoms with van der Waals surface area (Å²) < 4.78 is 15.6. The number of rotatable bonds is 4. The van der Waals surface area contributed by atoms with Crippen molar-refractivity contribution < 1.29 is 33.7 Å². The van der Waals surface area contributed by atoms with Crippen LogP contribution >= 0.6 is 0 Å². The predicted molar refractivity (Wildman–Crippen MR) is 78.3 cm³/mol. The molecule has 1 N–H and O–H groups in total. The Labute approximate surface area is 133 Å². The fraction of sp³-hybridized carbons (Fsp3) is 0.438. The van der Waals surface area contributed by atoms with Crippen LogP contribution in [0.25, 0.3) is 0 Å². The van der Waals surface area contributed by atoms with Crippen LogP contribution in [0.1, 0.15) is 37.5 Å². The van der Waals surface area contributed by atoms with Gasteiger partial charge < -0.3 is 19.3 Å². The van der Waals surface area contributed by atoms with Gasteiger partial charge in [0.2, 0.25) is 0 Å². The maximum absolute atomic E-state index is 12.5. The Hall–Kier alpha value is -2.41. The van der Waals surface area contributed by atoms with Crippen LogP contribution in [0.4, 0.5) is 0 Å². The summed E-state index contributed by atoms with van der Waals surface area (Å²) in [6, 6.07) is 2.96. The standard InChI is InChI=1S/C16H18O7/c1-8(17)16(23-9(2)18)14(20)7-12(19)11-5-10(21-3)6-13(22-4)15(11)16/h5-6,12,19H,7H2,1-4H3/t12-,16-/m1/s1. The van der Waals surface area contributed by atoms with E-state index in [0.717, 1.165) is 13.8 Å². The molecule has 7 heteroatoms. The second-order valence-corrected chi connectivity index (χ2v) is 5.27. The van der Waals surface area contributed by atoms with E-state index in [1.54, 1.807) is 0 Å². The summed E-state index contributed by atoms with van der Waals surface area (Å²) in [5, 5.41) is 10.2. The fourth-order valence-corrected chi connectivity index (χ4v) is 2.87. The van der Waals surface area contributed by atoms with Crippen molar-refractivity contribution in [3.8, 4) is 11.5 Å². The van der Waals surface area contributed by atoms with Crippen molar-refractivity contribution in [2.24, 2.45) is 0 Å². The second kappa shape index (κ2) is 6.00. The summed E-state index contributed by atoms with van der Waals surface area (Å²) in [5.41, 5.74) is -1.80. The SMILES string of the molecule is COc1cc(OC)c2c(c1)[C@H](O)CC(=O)[C@]2(OC(C)=O)C(C)=O. The number of methoxy groups -OCH3 is 2. The molecule has 0 saturated heterocycles. The molecular weight excluding hydrogens is 304 g/mol.